The molecule has 0 radical (unpaired) electrons. The Kier molecular flexibility index (Phi) is 8.04. The Morgan fingerprint density at radius 1 is 1.19 bits per heavy atom. The number of ketones is 1. The molecule has 26 heavy (non-hydrogen) atoms. The van der Waals surface area contributed by atoms with Crippen LogP contribution in [0.25, 0.3) is 0 Å². The lowest BCUT2D eigenvalue weighted by molar-refractivity contribution is -0.119. The van der Waals surface area contributed by atoms with Crippen LogP contribution in [0, 0.1) is 0 Å². The third-order valence-electron chi connectivity index (χ3n) is 4.45. The third kappa shape index (κ3) is 6.69. The van der Waals surface area contributed by atoms with E-state index in [1.165, 1.54) is 37.4 Å². The van der Waals surface area contributed by atoms with Gasteiger partial charge in [-0.2, -0.15) is 0 Å². The van der Waals surface area contributed by atoms with E-state index in [2.05, 4.69) is 6.92 Å². The fourth-order valence-corrected chi connectivity index (χ4v) is 3.85. The van der Waals surface area contributed by atoms with Crippen molar-refractivity contribution >= 4 is 17.5 Å². The number of carbonyl (C=O) groups is 1. The molecule has 0 spiro atoms. The van der Waals surface area contributed by atoms with Gasteiger partial charge < -0.3 is 14.9 Å². The zero-order chi connectivity index (χ0) is 19.0. The molecule has 0 bridgehead atoms. The summed E-state index contributed by atoms with van der Waals surface area (Å²) in [5, 5.41) is 19.8. The molecule has 2 rings (SSSR count). The van der Waals surface area contributed by atoms with Gasteiger partial charge in [-0.25, -0.2) is 0 Å². The maximum atomic E-state index is 12.2. The van der Waals surface area contributed by atoms with E-state index >= 15 is 0 Å². The van der Waals surface area contributed by atoms with E-state index < -0.39 is 5.60 Å². The third-order valence-corrected chi connectivity index (χ3v) is 5.62. The summed E-state index contributed by atoms with van der Waals surface area (Å²) in [6.07, 6.45) is 9.53. The van der Waals surface area contributed by atoms with Gasteiger partial charge in [0.2, 0.25) is 0 Å². The molecule has 144 valence electrons. The first-order valence-corrected chi connectivity index (χ1v) is 10.3. The molecule has 0 saturated heterocycles. The van der Waals surface area contributed by atoms with Crippen molar-refractivity contribution in [3.63, 3.8) is 0 Å². The van der Waals surface area contributed by atoms with Crippen LogP contribution in [-0.4, -0.2) is 28.2 Å². The normalized spacial score (nSPS) is 20.1. The lowest BCUT2D eigenvalue weighted by atomic mass is 9.91. The lowest BCUT2D eigenvalue weighted by Crippen LogP contribution is -2.30. The van der Waals surface area contributed by atoms with E-state index in [0.717, 1.165) is 17.7 Å². The minimum Gasteiger partial charge on any atom is -0.508 e. The Bertz CT molecular complexity index is 637. The van der Waals surface area contributed by atoms with Gasteiger partial charge in [0.1, 0.15) is 11.5 Å². The van der Waals surface area contributed by atoms with E-state index in [0.29, 0.717) is 23.7 Å². The van der Waals surface area contributed by atoms with Gasteiger partial charge in [0.25, 0.3) is 0 Å². The summed E-state index contributed by atoms with van der Waals surface area (Å²) < 4.78 is 5.87. The Hall–Kier alpha value is -1.46. The second-order valence-electron chi connectivity index (χ2n) is 7.22. The minimum atomic E-state index is -0.951. The first-order valence-electron chi connectivity index (χ1n) is 9.51. The van der Waals surface area contributed by atoms with E-state index in [-0.39, 0.29) is 18.0 Å². The van der Waals surface area contributed by atoms with Crippen LogP contribution in [0.2, 0.25) is 0 Å². The Morgan fingerprint density at radius 2 is 1.92 bits per heavy atom. The van der Waals surface area contributed by atoms with Gasteiger partial charge in [0.15, 0.2) is 5.78 Å². The van der Waals surface area contributed by atoms with Crippen LogP contribution in [0.15, 0.2) is 34.1 Å². The van der Waals surface area contributed by atoms with Crippen LogP contribution >= 0.6 is 11.8 Å². The largest absolute Gasteiger partial charge is 0.508 e. The molecule has 1 aliphatic carbocycles. The van der Waals surface area contributed by atoms with Crippen molar-refractivity contribution in [1.29, 1.82) is 0 Å². The highest BCUT2D eigenvalue weighted by Gasteiger charge is 2.30. The summed E-state index contributed by atoms with van der Waals surface area (Å²) >= 11 is 1.35. The number of benzene rings is 1. The average Bonchev–Trinajstić information content (AvgIpc) is 2.58. The molecular weight excluding hydrogens is 348 g/mol. The smallest absolute Gasteiger partial charge is 0.172 e. The standard InChI is InChI=1S/C21H30O4S/c1-3-4-5-6-7-8-13-25-18-14-16(22)9-10-20(18)26-19-11-12-21(2,24)15-17(19)23/h9-11,14,22,24H,3-8,12-13,15H2,1-2H3. The number of phenols is 1. The van der Waals surface area contributed by atoms with Crippen LogP contribution in [0.1, 0.15) is 65.2 Å². The number of hydrogen-bond donors (Lipinski definition) is 2. The lowest BCUT2D eigenvalue weighted by Gasteiger charge is -2.26. The number of thioether (sulfide) groups is 1. The van der Waals surface area contributed by atoms with Gasteiger partial charge >= 0.3 is 0 Å². The van der Waals surface area contributed by atoms with E-state index in [1.54, 1.807) is 31.2 Å². The number of rotatable bonds is 10. The van der Waals surface area contributed by atoms with E-state index in [1.807, 2.05) is 0 Å². The van der Waals surface area contributed by atoms with E-state index in [9.17, 15) is 15.0 Å². The highest BCUT2D eigenvalue weighted by atomic mass is 32.2. The zero-order valence-corrected chi connectivity index (χ0v) is 16.6. The maximum absolute atomic E-state index is 12.2. The summed E-state index contributed by atoms with van der Waals surface area (Å²) in [5.41, 5.74) is -0.951. The molecular formula is C21H30O4S. The minimum absolute atomic E-state index is 0.0544. The van der Waals surface area contributed by atoms with Gasteiger partial charge in [-0.15, -0.1) is 0 Å². The molecule has 0 amide bonds. The average molecular weight is 379 g/mol. The number of Topliss-reactive ketones (excluding diaryl/α,β-unsaturated/α-hetero) is 1. The number of aromatic hydroxyl groups is 1. The molecule has 5 heteroatoms. The van der Waals surface area contributed by atoms with Crippen molar-refractivity contribution in [3.8, 4) is 11.5 Å². The quantitative estimate of drug-likeness (QED) is 0.546. The summed E-state index contributed by atoms with van der Waals surface area (Å²) in [6.45, 7) is 4.49. The van der Waals surface area contributed by atoms with Crippen molar-refractivity contribution < 1.29 is 19.7 Å². The number of unbranched alkanes of at least 4 members (excludes halogenated alkanes) is 5. The van der Waals surface area contributed by atoms with Crippen LogP contribution < -0.4 is 4.74 Å². The van der Waals surface area contributed by atoms with Crippen LogP contribution in [0.4, 0.5) is 0 Å². The van der Waals surface area contributed by atoms with Crippen molar-refractivity contribution in [2.24, 2.45) is 0 Å². The Balaban J connectivity index is 1.93. The molecule has 0 aliphatic heterocycles. The molecule has 0 aromatic heterocycles. The molecule has 4 nitrogen and oxygen atoms in total. The highest BCUT2D eigenvalue weighted by Crippen LogP contribution is 2.40. The Morgan fingerprint density at radius 3 is 2.65 bits per heavy atom. The number of allylic oxidation sites excluding steroid dienone is 1. The molecule has 1 aromatic carbocycles. The second kappa shape index (κ2) is 10.0. The first kappa shape index (κ1) is 20.8. The molecule has 1 aliphatic rings. The van der Waals surface area contributed by atoms with Gasteiger partial charge in [-0.1, -0.05) is 56.9 Å². The Labute approximate surface area is 160 Å². The van der Waals surface area contributed by atoms with Gasteiger partial charge in [0, 0.05) is 12.5 Å². The van der Waals surface area contributed by atoms with Gasteiger partial charge in [0.05, 0.1) is 22.0 Å². The first-order chi connectivity index (χ1) is 12.4. The molecule has 1 aromatic rings. The summed E-state index contributed by atoms with van der Waals surface area (Å²) in [7, 11) is 0. The summed E-state index contributed by atoms with van der Waals surface area (Å²) in [6, 6.07) is 4.98. The van der Waals surface area contributed by atoms with Crippen molar-refractivity contribution in [3.05, 3.63) is 29.2 Å². The molecule has 1 atom stereocenters. The van der Waals surface area contributed by atoms with Crippen LogP contribution in [0.3, 0.4) is 0 Å². The number of phenolic OH excluding ortho intramolecular Hbond substituents is 1. The maximum Gasteiger partial charge on any atom is 0.172 e. The molecule has 1 unspecified atom stereocenters. The molecule has 0 fully saturated rings. The van der Waals surface area contributed by atoms with Crippen molar-refractivity contribution in [1.82, 2.24) is 0 Å². The fraction of sp³-hybridized carbons (Fsp3) is 0.571. The number of aliphatic hydroxyl groups is 1. The summed E-state index contributed by atoms with van der Waals surface area (Å²) in [5.74, 6) is 0.704. The summed E-state index contributed by atoms with van der Waals surface area (Å²) in [4.78, 5) is 13.7. The zero-order valence-electron chi connectivity index (χ0n) is 15.8. The fourth-order valence-electron chi connectivity index (χ4n) is 2.91. The number of ether oxygens (including phenoxy) is 1. The molecule has 0 saturated carbocycles. The molecule has 0 heterocycles. The van der Waals surface area contributed by atoms with Gasteiger partial charge in [-0.3, -0.25) is 4.79 Å². The second-order valence-corrected chi connectivity index (χ2v) is 8.30. The highest BCUT2D eigenvalue weighted by molar-refractivity contribution is 8.04. The predicted molar refractivity (Wildman–Crippen MR) is 106 cm³/mol. The van der Waals surface area contributed by atoms with E-state index in [4.69, 9.17) is 4.74 Å². The predicted octanol–water partition coefficient (Wildman–Crippen LogP) is 5.22. The van der Waals surface area contributed by atoms with Gasteiger partial charge in [-0.05, 0) is 31.9 Å². The SMILES string of the molecule is CCCCCCCCOc1cc(O)ccc1SC1=CCC(C)(O)CC1=O. The van der Waals surface area contributed by atoms with Crippen LogP contribution in [-0.2, 0) is 4.79 Å². The number of carbonyl (C=O) groups excluding carboxylic acids is 1. The monoisotopic (exact) mass is 378 g/mol. The molecule has 2 N–H and O–H groups in total. The topological polar surface area (TPSA) is 66.8 Å². The van der Waals surface area contributed by atoms with Crippen molar-refractivity contribution in [2.75, 3.05) is 6.61 Å². The van der Waals surface area contributed by atoms with Crippen LogP contribution in [0.5, 0.6) is 11.5 Å². The number of hydrogen-bond acceptors (Lipinski definition) is 5. The van der Waals surface area contributed by atoms with Crippen molar-refractivity contribution in [2.45, 2.75) is 75.7 Å².